The van der Waals surface area contributed by atoms with Gasteiger partial charge in [0.1, 0.15) is 17.5 Å². The van der Waals surface area contributed by atoms with Crippen molar-refractivity contribution in [1.82, 2.24) is 0 Å². The molecule has 0 unspecified atom stereocenters. The predicted molar refractivity (Wildman–Crippen MR) is 131 cm³/mol. The first-order valence-corrected chi connectivity index (χ1v) is 11.4. The van der Waals surface area contributed by atoms with E-state index in [9.17, 15) is 28.1 Å². The summed E-state index contributed by atoms with van der Waals surface area (Å²) in [5, 5.41) is 12.4. The fourth-order valence-corrected chi connectivity index (χ4v) is 4.35. The van der Waals surface area contributed by atoms with Crippen LogP contribution in [0.5, 0.6) is 11.5 Å². The molecule has 0 aliphatic rings. The Morgan fingerprint density at radius 1 is 1.00 bits per heavy atom. The van der Waals surface area contributed by atoms with Gasteiger partial charge in [-0.2, -0.15) is 13.2 Å². The minimum absolute atomic E-state index is 0.0576. The van der Waals surface area contributed by atoms with Crippen molar-refractivity contribution in [3.8, 4) is 11.5 Å². The molecule has 0 aliphatic heterocycles. The Hall–Kier alpha value is -3.60. The molecule has 3 aromatic carbocycles. The van der Waals surface area contributed by atoms with Crippen molar-refractivity contribution in [3.63, 3.8) is 0 Å². The highest BCUT2D eigenvalue weighted by molar-refractivity contribution is 9.10. The van der Waals surface area contributed by atoms with E-state index in [1.165, 1.54) is 56.7 Å². The van der Waals surface area contributed by atoms with Crippen LogP contribution in [0.3, 0.4) is 0 Å². The van der Waals surface area contributed by atoms with Gasteiger partial charge in [0.25, 0.3) is 0 Å². The number of nitrogens with zero attached hydrogens (tertiary/aromatic N) is 2. The van der Waals surface area contributed by atoms with Gasteiger partial charge in [-0.3, -0.25) is 19.8 Å². The Kier molecular flexibility index (Phi) is 8.57. The second-order valence-electron chi connectivity index (χ2n) is 7.71. The molecule has 0 heterocycles. The number of methoxy groups -OCH3 is 2. The van der Waals surface area contributed by atoms with Crippen LogP contribution in [0.2, 0.25) is 0 Å². The van der Waals surface area contributed by atoms with Crippen LogP contribution in [0.15, 0.2) is 77.3 Å². The average Bonchev–Trinajstić information content (AvgIpc) is 2.86. The number of hydrogen-bond acceptors (Lipinski definition) is 5. The molecule has 7 nitrogen and oxygen atoms in total. The molecule has 1 amide bonds. The Morgan fingerprint density at radius 3 is 2.17 bits per heavy atom. The number of carbonyl (C=O) groups excluding carboxylic acids is 1. The molecule has 11 heteroatoms. The zero-order chi connectivity index (χ0) is 26.5. The Bertz CT molecular complexity index is 1220. The van der Waals surface area contributed by atoms with Crippen LogP contribution >= 0.6 is 15.9 Å². The zero-order valence-corrected chi connectivity index (χ0v) is 20.8. The van der Waals surface area contributed by atoms with Crippen LogP contribution in [0.25, 0.3) is 0 Å². The van der Waals surface area contributed by atoms with Crippen LogP contribution in [-0.4, -0.2) is 37.3 Å². The maximum atomic E-state index is 13.9. The predicted octanol–water partition coefficient (Wildman–Crippen LogP) is 5.99. The number of carbonyl (C=O) groups is 1. The van der Waals surface area contributed by atoms with Gasteiger partial charge in [-0.1, -0.05) is 52.3 Å². The van der Waals surface area contributed by atoms with Crippen molar-refractivity contribution in [2.75, 3.05) is 19.1 Å². The van der Waals surface area contributed by atoms with E-state index < -0.39 is 29.1 Å². The van der Waals surface area contributed by atoms with Crippen molar-refractivity contribution in [1.29, 1.82) is 0 Å². The van der Waals surface area contributed by atoms with Gasteiger partial charge in [0.15, 0.2) is 0 Å². The number of nitro groups is 1. The summed E-state index contributed by atoms with van der Waals surface area (Å²) in [5.41, 5.74) is 0.364. The van der Waals surface area contributed by atoms with Crippen molar-refractivity contribution in [2.45, 2.75) is 24.7 Å². The topological polar surface area (TPSA) is 81.9 Å². The van der Waals surface area contributed by atoms with Gasteiger partial charge < -0.3 is 9.47 Å². The number of benzene rings is 3. The van der Waals surface area contributed by atoms with Crippen LogP contribution in [0.4, 0.5) is 18.9 Å². The standard InChI is InChI=1S/C25H22BrF3N2O5/c1-35-18-13-11-17(12-14-18)30(24(32)25(27,28)29)23(19-8-4-6-10-22(19)36-2)21(31(33)34)15-16-7-3-5-9-20(16)26/h3-14,21,23H,15H2,1-2H3/t21-,23+/m0/s1. The fourth-order valence-electron chi connectivity index (χ4n) is 3.90. The lowest BCUT2D eigenvalue weighted by Gasteiger charge is -2.35. The third-order valence-electron chi connectivity index (χ3n) is 5.57. The van der Waals surface area contributed by atoms with Gasteiger partial charge in [0, 0.05) is 27.1 Å². The van der Waals surface area contributed by atoms with E-state index in [0.717, 1.165) is 0 Å². The molecule has 3 aromatic rings. The summed E-state index contributed by atoms with van der Waals surface area (Å²) in [6.07, 6.45) is -5.58. The van der Waals surface area contributed by atoms with Gasteiger partial charge >= 0.3 is 12.1 Å². The number of rotatable bonds is 9. The first-order chi connectivity index (χ1) is 17.1. The van der Waals surface area contributed by atoms with Crippen molar-refractivity contribution in [2.24, 2.45) is 0 Å². The van der Waals surface area contributed by atoms with Crippen LogP contribution < -0.4 is 14.4 Å². The molecule has 0 spiro atoms. The molecular formula is C25H22BrF3N2O5. The van der Waals surface area contributed by atoms with E-state index in [1.54, 1.807) is 30.3 Å². The molecule has 0 radical (unpaired) electrons. The highest BCUT2D eigenvalue weighted by atomic mass is 79.9. The van der Waals surface area contributed by atoms with Gasteiger partial charge in [-0.25, -0.2) is 0 Å². The molecule has 36 heavy (non-hydrogen) atoms. The lowest BCUT2D eigenvalue weighted by atomic mass is 9.91. The molecule has 0 fully saturated rings. The fraction of sp³-hybridized carbons (Fsp3) is 0.240. The van der Waals surface area contributed by atoms with Crippen LogP contribution in [0.1, 0.15) is 17.2 Å². The number of anilines is 1. The Morgan fingerprint density at radius 2 is 1.61 bits per heavy atom. The lowest BCUT2D eigenvalue weighted by Crippen LogP contribution is -2.49. The minimum atomic E-state index is -5.31. The second-order valence-corrected chi connectivity index (χ2v) is 8.56. The van der Waals surface area contributed by atoms with E-state index >= 15 is 0 Å². The maximum absolute atomic E-state index is 13.9. The molecule has 3 rings (SSSR count). The number of halogens is 4. The largest absolute Gasteiger partial charge is 0.497 e. The number of para-hydroxylation sites is 1. The first-order valence-electron chi connectivity index (χ1n) is 10.6. The van der Waals surface area contributed by atoms with E-state index in [2.05, 4.69) is 15.9 Å². The number of hydrogen-bond donors (Lipinski definition) is 0. The monoisotopic (exact) mass is 566 g/mol. The quantitative estimate of drug-likeness (QED) is 0.234. The lowest BCUT2D eigenvalue weighted by molar-refractivity contribution is -0.526. The molecule has 0 bridgehead atoms. The molecule has 0 N–H and O–H groups in total. The molecular weight excluding hydrogens is 545 g/mol. The smallest absolute Gasteiger partial charge is 0.471 e. The summed E-state index contributed by atoms with van der Waals surface area (Å²) < 4.78 is 52.7. The second kappa shape index (κ2) is 11.4. The van der Waals surface area contributed by atoms with Gasteiger partial charge in [0.2, 0.25) is 6.04 Å². The summed E-state index contributed by atoms with van der Waals surface area (Å²) in [7, 11) is 2.68. The van der Waals surface area contributed by atoms with Crippen molar-refractivity contribution in [3.05, 3.63) is 98.5 Å². The summed E-state index contributed by atoms with van der Waals surface area (Å²) in [6.45, 7) is 0. The van der Waals surface area contributed by atoms with E-state index in [-0.39, 0.29) is 23.4 Å². The summed E-state index contributed by atoms with van der Waals surface area (Å²) in [4.78, 5) is 25.1. The normalized spacial score (nSPS) is 12.9. The third-order valence-corrected chi connectivity index (χ3v) is 6.34. The molecule has 0 saturated carbocycles. The number of alkyl halides is 3. The highest BCUT2D eigenvalue weighted by Gasteiger charge is 2.50. The maximum Gasteiger partial charge on any atom is 0.471 e. The molecule has 190 valence electrons. The molecule has 2 atom stereocenters. The SMILES string of the molecule is COc1ccc(N(C(=O)C(F)(F)F)[C@H](c2ccccc2OC)[C@H](Cc2ccccc2Br)[N+](=O)[O-])cc1. The zero-order valence-electron chi connectivity index (χ0n) is 19.2. The average molecular weight is 567 g/mol. The Labute approximate surface area is 213 Å². The third kappa shape index (κ3) is 5.96. The first kappa shape index (κ1) is 27.0. The highest BCUT2D eigenvalue weighted by Crippen LogP contribution is 2.40. The van der Waals surface area contributed by atoms with Crippen molar-refractivity contribution >= 4 is 27.5 Å². The van der Waals surface area contributed by atoms with E-state index in [0.29, 0.717) is 20.7 Å². The minimum Gasteiger partial charge on any atom is -0.497 e. The van der Waals surface area contributed by atoms with Crippen LogP contribution in [-0.2, 0) is 11.2 Å². The van der Waals surface area contributed by atoms with Crippen molar-refractivity contribution < 1.29 is 32.4 Å². The van der Waals surface area contributed by atoms with Gasteiger partial charge in [0.05, 0.1) is 14.2 Å². The number of amides is 1. The van der Waals surface area contributed by atoms with Gasteiger partial charge in [-0.05, 0) is 42.0 Å². The molecule has 0 aliphatic carbocycles. The van der Waals surface area contributed by atoms with E-state index in [1.807, 2.05) is 0 Å². The Balaban J connectivity index is 2.30. The van der Waals surface area contributed by atoms with Crippen LogP contribution in [0, 0.1) is 10.1 Å². The molecule has 0 saturated heterocycles. The number of ether oxygens (including phenoxy) is 2. The summed E-state index contributed by atoms with van der Waals surface area (Å²) >= 11 is 3.34. The summed E-state index contributed by atoms with van der Waals surface area (Å²) in [6, 6.07) is 14.6. The van der Waals surface area contributed by atoms with Gasteiger partial charge in [-0.15, -0.1) is 0 Å². The van der Waals surface area contributed by atoms with E-state index in [4.69, 9.17) is 9.47 Å². The molecule has 0 aromatic heterocycles. The summed E-state index contributed by atoms with van der Waals surface area (Å²) in [5.74, 6) is -1.80.